The number of nitrogens with one attached hydrogen (secondary N) is 1. The van der Waals surface area contributed by atoms with Crippen LogP contribution in [0.1, 0.15) is 43.0 Å². The molecule has 0 fully saturated rings. The van der Waals surface area contributed by atoms with E-state index in [1.807, 2.05) is 13.8 Å². The predicted molar refractivity (Wildman–Crippen MR) is 69.5 cm³/mol. The zero-order chi connectivity index (χ0) is 13.2. The van der Waals surface area contributed by atoms with Gasteiger partial charge in [0.1, 0.15) is 0 Å². The molecule has 17 heavy (non-hydrogen) atoms. The Bertz CT molecular complexity index is 407. The zero-order valence-electron chi connectivity index (χ0n) is 11.2. The summed E-state index contributed by atoms with van der Waals surface area (Å²) in [6.07, 6.45) is -0.983. The first-order chi connectivity index (χ1) is 7.71. The number of benzene rings is 1. The molecular formula is C14H21NO2. The quantitative estimate of drug-likeness (QED) is 0.825. The Kier molecular flexibility index (Phi) is 3.81. The second-order valence-corrected chi connectivity index (χ2v) is 5.50. The molecule has 0 saturated carbocycles. The number of hydrogen-bond donors (Lipinski definition) is 2. The molecule has 0 atom stereocenters. The molecule has 3 heteroatoms. The van der Waals surface area contributed by atoms with Crippen LogP contribution in [0.25, 0.3) is 0 Å². The Labute approximate surface area is 103 Å². The normalized spacial score (nSPS) is 11.4. The summed E-state index contributed by atoms with van der Waals surface area (Å²) >= 11 is 0. The van der Waals surface area contributed by atoms with Crippen molar-refractivity contribution in [3.8, 4) is 0 Å². The van der Waals surface area contributed by atoms with E-state index in [0.29, 0.717) is 6.54 Å². The molecule has 0 radical (unpaired) electrons. The van der Waals surface area contributed by atoms with E-state index in [1.54, 1.807) is 0 Å². The monoisotopic (exact) mass is 235 g/mol. The molecule has 0 unspecified atom stereocenters. The SMILES string of the molecule is Cc1cc(C(C)(C)C)cc(C)c1CNC(=O)O. The van der Waals surface area contributed by atoms with Crippen LogP contribution < -0.4 is 5.32 Å². The number of rotatable bonds is 2. The molecule has 0 saturated heterocycles. The van der Waals surface area contributed by atoms with Crippen LogP contribution in [0.15, 0.2) is 12.1 Å². The van der Waals surface area contributed by atoms with Crippen LogP contribution in [0.2, 0.25) is 0 Å². The molecule has 0 aliphatic heterocycles. The summed E-state index contributed by atoms with van der Waals surface area (Å²) in [7, 11) is 0. The van der Waals surface area contributed by atoms with Crippen molar-refractivity contribution in [1.82, 2.24) is 5.32 Å². The minimum Gasteiger partial charge on any atom is -0.465 e. The van der Waals surface area contributed by atoms with E-state index in [9.17, 15) is 4.79 Å². The molecule has 2 N–H and O–H groups in total. The number of carboxylic acid groups (broad SMARTS) is 1. The minimum absolute atomic E-state index is 0.119. The molecule has 3 nitrogen and oxygen atoms in total. The molecule has 0 aromatic heterocycles. The highest BCUT2D eigenvalue weighted by atomic mass is 16.4. The Morgan fingerprint density at radius 2 is 1.71 bits per heavy atom. The molecule has 0 bridgehead atoms. The average molecular weight is 235 g/mol. The second kappa shape index (κ2) is 4.78. The van der Waals surface area contributed by atoms with Crippen molar-refractivity contribution < 1.29 is 9.90 Å². The van der Waals surface area contributed by atoms with Crippen molar-refractivity contribution in [1.29, 1.82) is 0 Å². The molecular weight excluding hydrogens is 214 g/mol. The minimum atomic E-state index is -0.983. The first-order valence-electron chi connectivity index (χ1n) is 5.79. The van der Waals surface area contributed by atoms with Crippen molar-refractivity contribution in [3.05, 3.63) is 34.4 Å². The van der Waals surface area contributed by atoms with Gasteiger partial charge >= 0.3 is 6.09 Å². The molecule has 0 aliphatic carbocycles. The van der Waals surface area contributed by atoms with E-state index in [-0.39, 0.29) is 5.41 Å². The molecule has 1 aromatic carbocycles. The summed E-state index contributed by atoms with van der Waals surface area (Å²) in [5.74, 6) is 0. The van der Waals surface area contributed by atoms with Gasteiger partial charge in [0, 0.05) is 6.54 Å². The second-order valence-electron chi connectivity index (χ2n) is 5.50. The van der Waals surface area contributed by atoms with Crippen LogP contribution in [0, 0.1) is 13.8 Å². The van der Waals surface area contributed by atoms with Crippen molar-refractivity contribution >= 4 is 6.09 Å². The van der Waals surface area contributed by atoms with Crippen LogP contribution in [-0.4, -0.2) is 11.2 Å². The maximum absolute atomic E-state index is 10.5. The van der Waals surface area contributed by atoms with Crippen LogP contribution in [0.4, 0.5) is 4.79 Å². The average Bonchev–Trinajstić information content (AvgIpc) is 2.14. The first-order valence-corrected chi connectivity index (χ1v) is 5.79. The lowest BCUT2D eigenvalue weighted by Crippen LogP contribution is -2.21. The van der Waals surface area contributed by atoms with Gasteiger partial charge in [0.2, 0.25) is 0 Å². The third kappa shape index (κ3) is 3.48. The third-order valence-corrected chi connectivity index (χ3v) is 2.98. The van der Waals surface area contributed by atoms with Gasteiger partial charge in [0.25, 0.3) is 0 Å². The zero-order valence-corrected chi connectivity index (χ0v) is 11.2. The van der Waals surface area contributed by atoms with Gasteiger partial charge in [-0.2, -0.15) is 0 Å². The lowest BCUT2D eigenvalue weighted by molar-refractivity contribution is 0.194. The fourth-order valence-electron chi connectivity index (χ4n) is 1.87. The molecule has 1 rings (SSSR count). The molecule has 1 aromatic rings. The van der Waals surface area contributed by atoms with E-state index in [4.69, 9.17) is 5.11 Å². The number of hydrogen-bond acceptors (Lipinski definition) is 1. The Balaban J connectivity index is 3.07. The Morgan fingerprint density at radius 1 is 1.24 bits per heavy atom. The van der Waals surface area contributed by atoms with E-state index in [0.717, 1.165) is 16.7 Å². The van der Waals surface area contributed by atoms with Gasteiger partial charge < -0.3 is 10.4 Å². The lowest BCUT2D eigenvalue weighted by Gasteiger charge is -2.22. The largest absolute Gasteiger partial charge is 0.465 e. The highest BCUT2D eigenvalue weighted by Gasteiger charge is 2.16. The number of carbonyl (C=O) groups is 1. The molecule has 94 valence electrons. The summed E-state index contributed by atoms with van der Waals surface area (Å²) in [5, 5.41) is 11.0. The van der Waals surface area contributed by atoms with Crippen molar-refractivity contribution in [3.63, 3.8) is 0 Å². The lowest BCUT2D eigenvalue weighted by atomic mass is 9.84. The Morgan fingerprint density at radius 3 is 2.06 bits per heavy atom. The van der Waals surface area contributed by atoms with E-state index >= 15 is 0 Å². The summed E-state index contributed by atoms with van der Waals surface area (Å²) in [4.78, 5) is 10.5. The number of amides is 1. The third-order valence-electron chi connectivity index (χ3n) is 2.98. The highest BCUT2D eigenvalue weighted by molar-refractivity contribution is 5.64. The molecule has 0 aliphatic rings. The van der Waals surface area contributed by atoms with E-state index < -0.39 is 6.09 Å². The summed E-state index contributed by atoms with van der Waals surface area (Å²) in [6.45, 7) is 11.0. The number of aryl methyl sites for hydroxylation is 2. The highest BCUT2D eigenvalue weighted by Crippen LogP contribution is 2.26. The van der Waals surface area contributed by atoms with Gasteiger partial charge in [0.15, 0.2) is 0 Å². The molecule has 0 spiro atoms. The standard InChI is InChI=1S/C14H21NO2/c1-9-6-11(14(3,4)5)7-10(2)12(9)8-15-13(16)17/h6-7,15H,8H2,1-5H3,(H,16,17). The summed E-state index contributed by atoms with van der Waals surface area (Å²) in [6, 6.07) is 4.29. The first kappa shape index (κ1) is 13.6. The van der Waals surface area contributed by atoms with Crippen molar-refractivity contribution in [2.24, 2.45) is 0 Å². The smallest absolute Gasteiger partial charge is 0.404 e. The molecule has 0 heterocycles. The molecule has 1 amide bonds. The van der Waals surface area contributed by atoms with Crippen LogP contribution in [-0.2, 0) is 12.0 Å². The van der Waals surface area contributed by atoms with Gasteiger partial charge in [-0.05, 0) is 41.5 Å². The topological polar surface area (TPSA) is 49.3 Å². The van der Waals surface area contributed by atoms with Crippen LogP contribution in [0.5, 0.6) is 0 Å². The predicted octanol–water partition coefficient (Wildman–Crippen LogP) is 3.37. The Hall–Kier alpha value is -1.51. The van der Waals surface area contributed by atoms with Crippen LogP contribution >= 0.6 is 0 Å². The van der Waals surface area contributed by atoms with Crippen molar-refractivity contribution in [2.75, 3.05) is 0 Å². The van der Waals surface area contributed by atoms with Gasteiger partial charge in [-0.1, -0.05) is 32.9 Å². The van der Waals surface area contributed by atoms with Gasteiger partial charge in [0.05, 0.1) is 0 Å². The maximum Gasteiger partial charge on any atom is 0.404 e. The maximum atomic E-state index is 10.5. The van der Waals surface area contributed by atoms with E-state index in [2.05, 4.69) is 38.2 Å². The fourth-order valence-corrected chi connectivity index (χ4v) is 1.87. The van der Waals surface area contributed by atoms with E-state index in [1.165, 1.54) is 5.56 Å². The van der Waals surface area contributed by atoms with Crippen molar-refractivity contribution in [2.45, 2.75) is 46.6 Å². The summed E-state index contributed by atoms with van der Waals surface area (Å²) < 4.78 is 0. The fraction of sp³-hybridized carbons (Fsp3) is 0.500. The van der Waals surface area contributed by atoms with Crippen LogP contribution in [0.3, 0.4) is 0 Å². The van der Waals surface area contributed by atoms with Gasteiger partial charge in [-0.25, -0.2) is 4.79 Å². The summed E-state index contributed by atoms with van der Waals surface area (Å²) in [5.41, 5.74) is 4.76. The van der Waals surface area contributed by atoms with Gasteiger partial charge in [-0.3, -0.25) is 0 Å². The van der Waals surface area contributed by atoms with Gasteiger partial charge in [-0.15, -0.1) is 0 Å².